The van der Waals surface area contributed by atoms with Crippen molar-refractivity contribution in [3.8, 4) is 0 Å². The zero-order valence-corrected chi connectivity index (χ0v) is 9.05. The van der Waals surface area contributed by atoms with Crippen LogP contribution in [-0.4, -0.2) is 17.6 Å². The molecule has 2 fully saturated rings. The third kappa shape index (κ3) is 1.89. The summed E-state index contributed by atoms with van der Waals surface area (Å²) in [6.07, 6.45) is 4.98. The van der Waals surface area contributed by atoms with Gasteiger partial charge in [-0.15, -0.1) is 12.4 Å². The number of carboxylic acids is 1. The van der Waals surface area contributed by atoms with Crippen LogP contribution >= 0.6 is 12.4 Å². The maximum atomic E-state index is 10.7. The van der Waals surface area contributed by atoms with Crippen molar-refractivity contribution in [2.75, 3.05) is 6.54 Å². The molecule has 0 heterocycles. The van der Waals surface area contributed by atoms with E-state index < -0.39 is 5.97 Å². The van der Waals surface area contributed by atoms with Crippen LogP contribution in [0, 0.1) is 17.3 Å². The zero-order valence-electron chi connectivity index (χ0n) is 8.24. The highest BCUT2D eigenvalue weighted by Crippen LogP contribution is 2.56. The quantitative estimate of drug-likeness (QED) is 0.759. The molecule has 0 aromatic carbocycles. The predicted molar refractivity (Wildman–Crippen MR) is 56.4 cm³/mol. The molecule has 2 aliphatic rings. The van der Waals surface area contributed by atoms with E-state index in [0.717, 1.165) is 24.7 Å². The van der Waals surface area contributed by atoms with Gasteiger partial charge >= 0.3 is 5.97 Å². The molecule has 0 aromatic heterocycles. The number of carboxylic acid groups (broad SMARTS) is 1. The van der Waals surface area contributed by atoms with Gasteiger partial charge in [0.05, 0.1) is 6.42 Å². The van der Waals surface area contributed by atoms with E-state index in [4.69, 9.17) is 10.8 Å². The summed E-state index contributed by atoms with van der Waals surface area (Å²) in [5.74, 6) is 0.901. The molecule has 82 valence electrons. The van der Waals surface area contributed by atoms with E-state index >= 15 is 0 Å². The number of carbonyl (C=O) groups is 1. The lowest BCUT2D eigenvalue weighted by molar-refractivity contribution is -0.139. The van der Waals surface area contributed by atoms with Gasteiger partial charge in [0.1, 0.15) is 0 Å². The first-order valence-corrected chi connectivity index (χ1v) is 5.07. The molecule has 0 bridgehead atoms. The summed E-state index contributed by atoms with van der Waals surface area (Å²) in [6, 6.07) is 0. The third-order valence-electron chi connectivity index (χ3n) is 3.92. The summed E-state index contributed by atoms with van der Waals surface area (Å²) in [6.45, 7) is 0.548. The fourth-order valence-corrected chi connectivity index (χ4v) is 3.08. The Hall–Kier alpha value is -0.280. The van der Waals surface area contributed by atoms with Gasteiger partial charge in [-0.25, -0.2) is 0 Å². The fourth-order valence-electron chi connectivity index (χ4n) is 3.08. The Morgan fingerprint density at radius 1 is 1.36 bits per heavy atom. The van der Waals surface area contributed by atoms with E-state index in [1.54, 1.807) is 0 Å². The summed E-state index contributed by atoms with van der Waals surface area (Å²) in [5, 5.41) is 8.81. The van der Waals surface area contributed by atoms with Crippen molar-refractivity contribution < 1.29 is 9.90 Å². The molecule has 0 aliphatic heterocycles. The van der Waals surface area contributed by atoms with Crippen LogP contribution in [0.25, 0.3) is 0 Å². The van der Waals surface area contributed by atoms with Gasteiger partial charge in [0.2, 0.25) is 0 Å². The Morgan fingerprint density at radius 2 is 1.86 bits per heavy atom. The van der Waals surface area contributed by atoms with E-state index in [0.29, 0.717) is 6.54 Å². The Kier molecular flexibility index (Phi) is 3.43. The van der Waals surface area contributed by atoms with Gasteiger partial charge in [-0.05, 0) is 49.5 Å². The van der Waals surface area contributed by atoms with Gasteiger partial charge in [0, 0.05) is 0 Å². The van der Waals surface area contributed by atoms with Crippen LogP contribution in [0.2, 0.25) is 0 Å². The molecule has 3 atom stereocenters. The van der Waals surface area contributed by atoms with Crippen LogP contribution in [0.4, 0.5) is 0 Å². The predicted octanol–water partition coefficient (Wildman–Crippen LogP) is 1.65. The average molecular weight is 220 g/mol. The molecule has 0 spiro atoms. The van der Waals surface area contributed by atoms with Gasteiger partial charge in [-0.2, -0.15) is 0 Å². The molecular formula is C10H18ClNO2. The van der Waals surface area contributed by atoms with Crippen LogP contribution in [0.3, 0.4) is 0 Å². The maximum absolute atomic E-state index is 10.7. The minimum atomic E-state index is -0.688. The highest BCUT2D eigenvalue weighted by Gasteiger charge is 2.49. The van der Waals surface area contributed by atoms with Crippen LogP contribution in [0.15, 0.2) is 0 Å². The molecule has 3 nitrogen and oxygen atoms in total. The van der Waals surface area contributed by atoms with Crippen LogP contribution in [-0.2, 0) is 4.79 Å². The molecule has 0 saturated heterocycles. The normalized spacial score (nSPS) is 39.5. The molecule has 2 rings (SSSR count). The zero-order chi connectivity index (χ0) is 9.47. The van der Waals surface area contributed by atoms with Crippen molar-refractivity contribution in [2.24, 2.45) is 23.0 Å². The molecular weight excluding hydrogens is 202 g/mol. The Morgan fingerprint density at radius 3 is 2.14 bits per heavy atom. The molecule has 4 heteroatoms. The monoisotopic (exact) mass is 219 g/mol. The standard InChI is InChI=1S/C10H17NO2.ClH/c11-6-10(5-9(12)13)3-7-1-2-8(7)4-10;/h7-8H,1-6,11H2,(H,12,13);1H/t7-,8+,10?;. The fraction of sp³-hybridized carbons (Fsp3) is 0.900. The minimum Gasteiger partial charge on any atom is -0.481 e. The number of rotatable bonds is 3. The Balaban J connectivity index is 0.000000980. The molecule has 0 radical (unpaired) electrons. The maximum Gasteiger partial charge on any atom is 0.303 e. The molecule has 0 amide bonds. The summed E-state index contributed by atoms with van der Waals surface area (Å²) < 4.78 is 0. The lowest BCUT2D eigenvalue weighted by Gasteiger charge is -2.29. The topological polar surface area (TPSA) is 63.3 Å². The second kappa shape index (κ2) is 4.07. The van der Waals surface area contributed by atoms with Gasteiger partial charge < -0.3 is 10.8 Å². The number of nitrogens with two attached hydrogens (primary N) is 1. The van der Waals surface area contributed by atoms with Crippen molar-refractivity contribution in [1.82, 2.24) is 0 Å². The number of hydrogen-bond acceptors (Lipinski definition) is 2. The van der Waals surface area contributed by atoms with Gasteiger partial charge in [0.15, 0.2) is 0 Å². The lowest BCUT2D eigenvalue weighted by atomic mass is 9.77. The van der Waals surface area contributed by atoms with Crippen molar-refractivity contribution >= 4 is 18.4 Å². The second-order valence-corrected chi connectivity index (χ2v) is 4.78. The van der Waals surface area contributed by atoms with Gasteiger partial charge in [-0.3, -0.25) is 4.79 Å². The smallest absolute Gasteiger partial charge is 0.303 e. The third-order valence-corrected chi connectivity index (χ3v) is 3.92. The molecule has 2 aliphatic carbocycles. The highest BCUT2D eigenvalue weighted by atomic mass is 35.5. The summed E-state index contributed by atoms with van der Waals surface area (Å²) in [7, 11) is 0. The first-order valence-electron chi connectivity index (χ1n) is 5.07. The van der Waals surface area contributed by atoms with Crippen LogP contribution in [0.5, 0.6) is 0 Å². The molecule has 2 saturated carbocycles. The summed E-state index contributed by atoms with van der Waals surface area (Å²) >= 11 is 0. The van der Waals surface area contributed by atoms with E-state index in [2.05, 4.69) is 0 Å². The first-order chi connectivity index (χ1) is 6.15. The first kappa shape index (κ1) is 11.8. The number of hydrogen-bond donors (Lipinski definition) is 2. The molecule has 1 unspecified atom stereocenters. The van der Waals surface area contributed by atoms with E-state index in [9.17, 15) is 4.79 Å². The minimum absolute atomic E-state index is 0. The van der Waals surface area contributed by atoms with Crippen molar-refractivity contribution in [1.29, 1.82) is 0 Å². The Bertz CT molecular complexity index is 220. The summed E-state index contributed by atoms with van der Waals surface area (Å²) in [5.41, 5.74) is 5.65. The van der Waals surface area contributed by atoms with Gasteiger partial charge in [0.25, 0.3) is 0 Å². The number of fused-ring (bicyclic) bond motifs is 1. The number of aliphatic carboxylic acids is 1. The highest BCUT2D eigenvalue weighted by molar-refractivity contribution is 5.85. The summed E-state index contributed by atoms with van der Waals surface area (Å²) in [4.78, 5) is 10.7. The lowest BCUT2D eigenvalue weighted by Crippen LogP contribution is -2.30. The van der Waals surface area contributed by atoms with E-state index in [1.807, 2.05) is 0 Å². The van der Waals surface area contributed by atoms with Crippen molar-refractivity contribution in [2.45, 2.75) is 32.1 Å². The van der Waals surface area contributed by atoms with Gasteiger partial charge in [-0.1, -0.05) is 0 Å². The average Bonchev–Trinajstić information content (AvgIpc) is 2.28. The van der Waals surface area contributed by atoms with Crippen molar-refractivity contribution in [3.05, 3.63) is 0 Å². The van der Waals surface area contributed by atoms with Crippen LogP contribution in [0.1, 0.15) is 32.1 Å². The SMILES string of the molecule is Cl.NCC1(CC(=O)O)C[C@H]2CC[C@H]2C1. The largest absolute Gasteiger partial charge is 0.481 e. The Labute approximate surface area is 90.5 Å². The van der Waals surface area contributed by atoms with E-state index in [1.165, 1.54) is 12.8 Å². The van der Waals surface area contributed by atoms with E-state index in [-0.39, 0.29) is 24.2 Å². The number of halogens is 1. The molecule has 14 heavy (non-hydrogen) atoms. The van der Waals surface area contributed by atoms with Crippen LogP contribution < -0.4 is 5.73 Å². The second-order valence-electron chi connectivity index (χ2n) is 4.78. The molecule has 0 aromatic rings. The molecule has 3 N–H and O–H groups in total. The van der Waals surface area contributed by atoms with Crippen molar-refractivity contribution in [3.63, 3.8) is 0 Å².